The van der Waals surface area contributed by atoms with Crippen LogP contribution in [0.1, 0.15) is 26.2 Å². The number of aromatic nitrogens is 2. The van der Waals surface area contributed by atoms with Gasteiger partial charge in [0.25, 0.3) is 0 Å². The van der Waals surface area contributed by atoms with Crippen LogP contribution in [0, 0.1) is 9.87 Å². The van der Waals surface area contributed by atoms with Gasteiger partial charge in [0.05, 0.1) is 19.3 Å². The van der Waals surface area contributed by atoms with Gasteiger partial charge >= 0.3 is 5.97 Å². The molecule has 1 fully saturated rings. The lowest BCUT2D eigenvalue weighted by Crippen LogP contribution is -2.33. The maximum absolute atomic E-state index is 11.4. The Morgan fingerprint density at radius 1 is 1.58 bits per heavy atom. The number of carbonyl (C=O) groups is 1. The number of thioether (sulfide) groups is 1. The van der Waals surface area contributed by atoms with Gasteiger partial charge in [-0.1, -0.05) is 29.7 Å². The van der Waals surface area contributed by atoms with E-state index in [9.17, 15) is 9.90 Å². The maximum Gasteiger partial charge on any atom is 0.333 e. The topological polar surface area (TPSA) is 107 Å². The normalized spacial score (nSPS) is 22.2. The monoisotopic (exact) mass is 421 g/mol. The minimum atomic E-state index is -0.422. The predicted octanol–water partition coefficient (Wildman–Crippen LogP) is 2.14. The zero-order valence-corrected chi connectivity index (χ0v) is 17.5. The number of ether oxygens (including phenoxy) is 1. The zero-order chi connectivity index (χ0) is 19.5. The number of H-pyrrole nitrogens is 1. The van der Waals surface area contributed by atoms with Crippen LogP contribution in [0.2, 0.25) is 0 Å². The number of aromatic amines is 1. The van der Waals surface area contributed by atoms with Gasteiger partial charge in [-0.3, -0.25) is 5.10 Å². The molecule has 1 aromatic heterocycles. The smallest absolute Gasteiger partial charge is 0.333 e. The van der Waals surface area contributed by atoms with E-state index in [4.69, 9.17) is 22.1 Å². The molecular weight excluding hydrogens is 394 g/mol. The SMILES string of the molecule is C=C(C)C(=O)OCC1CCC(Sc2n[nH]c(=S)s2)C(O)C1.CNCCO. The van der Waals surface area contributed by atoms with Gasteiger partial charge in [0.1, 0.15) is 0 Å². The summed E-state index contributed by atoms with van der Waals surface area (Å²) >= 11 is 7.98. The molecule has 4 N–H and O–H groups in total. The molecule has 1 aliphatic carbocycles. The lowest BCUT2D eigenvalue weighted by Gasteiger charge is -2.31. The van der Waals surface area contributed by atoms with Crippen LogP contribution in [-0.2, 0) is 9.53 Å². The number of hydrogen-bond acceptors (Lipinski definition) is 9. The van der Waals surface area contributed by atoms with Crippen LogP contribution >= 0.6 is 35.3 Å². The third-order valence-corrected chi connectivity index (χ3v) is 6.26. The highest BCUT2D eigenvalue weighted by atomic mass is 32.2. The van der Waals surface area contributed by atoms with Crippen molar-refractivity contribution in [1.82, 2.24) is 15.5 Å². The highest BCUT2D eigenvalue weighted by Crippen LogP contribution is 2.37. The summed E-state index contributed by atoms with van der Waals surface area (Å²) in [5.41, 5.74) is 0.402. The predicted molar refractivity (Wildman–Crippen MR) is 107 cm³/mol. The Bertz CT molecular complexity index is 618. The summed E-state index contributed by atoms with van der Waals surface area (Å²) in [7, 11) is 1.80. The van der Waals surface area contributed by atoms with Crippen LogP contribution < -0.4 is 5.32 Å². The first-order chi connectivity index (χ1) is 12.4. The van der Waals surface area contributed by atoms with Gasteiger partial charge in [-0.15, -0.1) is 0 Å². The van der Waals surface area contributed by atoms with Crippen molar-refractivity contribution in [2.45, 2.75) is 41.9 Å². The highest BCUT2D eigenvalue weighted by Gasteiger charge is 2.31. The van der Waals surface area contributed by atoms with Crippen LogP contribution in [0.3, 0.4) is 0 Å². The van der Waals surface area contributed by atoms with E-state index in [-0.39, 0.29) is 23.7 Å². The van der Waals surface area contributed by atoms with Crippen molar-refractivity contribution in [1.29, 1.82) is 0 Å². The second-order valence-corrected chi connectivity index (χ2v) is 9.14. The number of nitrogens with one attached hydrogen (secondary N) is 2. The van der Waals surface area contributed by atoms with E-state index in [0.717, 1.165) is 17.2 Å². The first-order valence-electron chi connectivity index (χ1n) is 8.35. The summed E-state index contributed by atoms with van der Waals surface area (Å²) < 4.78 is 6.67. The van der Waals surface area contributed by atoms with Crippen molar-refractivity contribution >= 4 is 41.3 Å². The molecule has 7 nitrogen and oxygen atoms in total. The van der Waals surface area contributed by atoms with Crippen LogP contribution in [-0.4, -0.2) is 64.5 Å². The Balaban J connectivity index is 0.000000597. The fourth-order valence-corrected chi connectivity index (χ4v) is 4.79. The molecule has 0 bridgehead atoms. The molecule has 3 unspecified atom stereocenters. The van der Waals surface area contributed by atoms with Crippen LogP contribution in [0.5, 0.6) is 0 Å². The summed E-state index contributed by atoms with van der Waals surface area (Å²) in [6, 6.07) is 0. The summed E-state index contributed by atoms with van der Waals surface area (Å²) in [5.74, 6) is -0.158. The first-order valence-corrected chi connectivity index (χ1v) is 10.5. The Morgan fingerprint density at radius 2 is 2.31 bits per heavy atom. The van der Waals surface area contributed by atoms with E-state index < -0.39 is 6.10 Å². The quantitative estimate of drug-likeness (QED) is 0.301. The zero-order valence-electron chi connectivity index (χ0n) is 15.1. The largest absolute Gasteiger partial charge is 0.462 e. The van der Waals surface area contributed by atoms with Gasteiger partial charge in [-0.05, 0) is 51.4 Å². The number of likely N-dealkylation sites (N-methyl/N-ethyl adjacent to an activating group) is 1. The molecule has 0 saturated heterocycles. The third kappa shape index (κ3) is 8.74. The van der Waals surface area contributed by atoms with Crippen molar-refractivity contribution in [2.75, 3.05) is 26.8 Å². The van der Waals surface area contributed by atoms with Crippen LogP contribution in [0.15, 0.2) is 16.5 Å². The second kappa shape index (κ2) is 12.6. The lowest BCUT2D eigenvalue weighted by molar-refractivity contribution is -0.141. The van der Waals surface area contributed by atoms with E-state index in [1.165, 1.54) is 11.3 Å². The Morgan fingerprint density at radius 3 is 2.77 bits per heavy atom. The fraction of sp³-hybridized carbons (Fsp3) is 0.688. The number of hydrogen-bond donors (Lipinski definition) is 4. The number of rotatable bonds is 7. The van der Waals surface area contributed by atoms with Gasteiger partial charge in [-0.25, -0.2) is 4.79 Å². The number of aliphatic hydroxyl groups is 2. The van der Waals surface area contributed by atoms with Crippen molar-refractivity contribution in [3.8, 4) is 0 Å². The molecule has 2 rings (SSSR count). The van der Waals surface area contributed by atoms with Gasteiger partial charge in [0.15, 0.2) is 8.29 Å². The molecular formula is C16H27N3O4S3. The molecule has 1 aliphatic rings. The van der Waals surface area contributed by atoms with Crippen LogP contribution in [0.4, 0.5) is 0 Å². The van der Waals surface area contributed by atoms with Crippen molar-refractivity contribution in [3.05, 3.63) is 16.1 Å². The molecule has 1 saturated carbocycles. The average molecular weight is 422 g/mol. The number of aliphatic hydroxyl groups excluding tert-OH is 2. The molecule has 1 heterocycles. The van der Waals surface area contributed by atoms with Crippen molar-refractivity contribution in [2.24, 2.45) is 5.92 Å². The molecule has 26 heavy (non-hydrogen) atoms. The molecule has 0 aliphatic heterocycles. The Hall–Kier alpha value is -0.780. The molecule has 0 aromatic carbocycles. The Kier molecular flexibility index (Phi) is 11.3. The summed E-state index contributed by atoms with van der Waals surface area (Å²) in [4.78, 5) is 11.4. The molecule has 0 spiro atoms. The van der Waals surface area contributed by atoms with E-state index in [1.54, 1.807) is 25.7 Å². The maximum atomic E-state index is 11.4. The average Bonchev–Trinajstić information content (AvgIpc) is 3.01. The van der Waals surface area contributed by atoms with E-state index in [1.807, 2.05) is 0 Å². The lowest BCUT2D eigenvalue weighted by atomic mass is 9.87. The Labute approximate surface area is 167 Å². The van der Waals surface area contributed by atoms with Gasteiger partial charge < -0.3 is 20.3 Å². The molecule has 10 heteroatoms. The van der Waals surface area contributed by atoms with Crippen LogP contribution in [0.25, 0.3) is 0 Å². The van der Waals surface area contributed by atoms with Gasteiger partial charge in [-0.2, -0.15) is 5.10 Å². The molecule has 1 aromatic rings. The van der Waals surface area contributed by atoms with Gasteiger partial charge in [0.2, 0.25) is 0 Å². The number of nitrogens with zero attached hydrogens (tertiary/aromatic N) is 1. The number of carbonyl (C=O) groups excluding carboxylic acids is 1. The van der Waals surface area contributed by atoms with Gasteiger partial charge in [0, 0.05) is 17.4 Å². The number of esters is 1. The standard InChI is InChI=1S/C13H18N2O3S3.C3H9NO/c1-7(2)11(17)18-6-8-3-4-10(9(16)5-8)20-13-15-14-12(19)21-13;1-4-2-3-5/h8-10,16H,1,3-6H2,2H3,(H,14,19);4-5H,2-3H2,1H3. The van der Waals surface area contributed by atoms with E-state index in [2.05, 4.69) is 22.1 Å². The molecule has 0 amide bonds. The fourth-order valence-electron chi connectivity index (χ4n) is 2.32. The third-order valence-electron chi connectivity index (χ3n) is 3.69. The van der Waals surface area contributed by atoms with E-state index in [0.29, 0.717) is 29.1 Å². The minimum absolute atomic E-state index is 0.118. The molecule has 148 valence electrons. The minimum Gasteiger partial charge on any atom is -0.462 e. The summed E-state index contributed by atoms with van der Waals surface area (Å²) in [6.07, 6.45) is 2.01. The summed E-state index contributed by atoms with van der Waals surface area (Å²) in [5, 5.41) is 28.0. The van der Waals surface area contributed by atoms with E-state index >= 15 is 0 Å². The molecule has 0 radical (unpaired) electrons. The second-order valence-electron chi connectivity index (χ2n) is 5.99. The van der Waals surface area contributed by atoms with Crippen molar-refractivity contribution in [3.63, 3.8) is 0 Å². The highest BCUT2D eigenvalue weighted by molar-refractivity contribution is 8.01. The summed E-state index contributed by atoms with van der Waals surface area (Å²) in [6.45, 7) is 6.45. The first kappa shape index (κ1) is 23.3. The van der Waals surface area contributed by atoms with Crippen molar-refractivity contribution < 1.29 is 19.7 Å². The molecule has 3 atom stereocenters.